The van der Waals surface area contributed by atoms with Crippen LogP contribution in [0.5, 0.6) is 11.5 Å². The Balaban J connectivity index is 2.37. The Kier molecular flexibility index (Phi) is 4.88. The highest BCUT2D eigenvalue weighted by molar-refractivity contribution is 6.05. The van der Waals surface area contributed by atoms with Gasteiger partial charge in [0.2, 0.25) is 0 Å². The number of hydrogen-bond acceptors (Lipinski definition) is 4. The summed E-state index contributed by atoms with van der Waals surface area (Å²) >= 11 is 0. The Morgan fingerprint density at radius 3 is 2.33 bits per heavy atom. The Hall–Kier alpha value is -1.55. The summed E-state index contributed by atoms with van der Waals surface area (Å²) in [5.74, 6) is 1.85. The molecule has 4 nitrogen and oxygen atoms in total. The van der Waals surface area contributed by atoms with Crippen LogP contribution in [0.4, 0.5) is 0 Å². The molecule has 0 aromatic heterocycles. The number of carbonyl (C=O) groups excluding carboxylic acids is 1. The SMILES string of the molecule is COc1ccc(OC)c(C(=O)C2(OC)CCC(C)CC2)c1. The van der Waals surface area contributed by atoms with E-state index < -0.39 is 5.60 Å². The van der Waals surface area contributed by atoms with Gasteiger partial charge in [-0.3, -0.25) is 4.79 Å². The van der Waals surface area contributed by atoms with Crippen molar-refractivity contribution < 1.29 is 19.0 Å². The van der Waals surface area contributed by atoms with Crippen LogP contribution in [0.2, 0.25) is 0 Å². The summed E-state index contributed by atoms with van der Waals surface area (Å²) in [4.78, 5) is 13.0. The van der Waals surface area contributed by atoms with Gasteiger partial charge in [0.1, 0.15) is 17.1 Å². The first-order valence-corrected chi connectivity index (χ1v) is 7.38. The van der Waals surface area contributed by atoms with Gasteiger partial charge in [0.05, 0.1) is 19.8 Å². The predicted octanol–water partition coefficient (Wildman–Crippen LogP) is 3.48. The van der Waals surface area contributed by atoms with Crippen LogP contribution < -0.4 is 9.47 Å². The number of methoxy groups -OCH3 is 3. The topological polar surface area (TPSA) is 44.8 Å². The molecule has 1 aliphatic rings. The van der Waals surface area contributed by atoms with Crippen LogP contribution in [0.25, 0.3) is 0 Å². The Bertz CT molecular complexity index is 502. The summed E-state index contributed by atoms with van der Waals surface area (Å²) in [6.07, 6.45) is 3.52. The third kappa shape index (κ3) is 3.05. The summed E-state index contributed by atoms with van der Waals surface area (Å²) in [6, 6.07) is 5.29. The molecule has 0 amide bonds. The van der Waals surface area contributed by atoms with Gasteiger partial charge in [-0.1, -0.05) is 6.92 Å². The lowest BCUT2D eigenvalue weighted by Gasteiger charge is -2.37. The number of hydrogen-bond donors (Lipinski definition) is 0. The van der Waals surface area contributed by atoms with Gasteiger partial charge in [-0.2, -0.15) is 0 Å². The first-order chi connectivity index (χ1) is 10.1. The molecular weight excluding hydrogens is 268 g/mol. The van der Waals surface area contributed by atoms with Gasteiger partial charge < -0.3 is 14.2 Å². The normalized spacial score (nSPS) is 25.4. The molecule has 0 N–H and O–H groups in total. The number of carbonyl (C=O) groups is 1. The quantitative estimate of drug-likeness (QED) is 0.779. The third-order valence-corrected chi connectivity index (χ3v) is 4.54. The van der Waals surface area contributed by atoms with Crippen molar-refractivity contribution in [2.45, 2.75) is 38.2 Å². The minimum atomic E-state index is -0.730. The maximum Gasteiger partial charge on any atom is 0.198 e. The van der Waals surface area contributed by atoms with E-state index in [9.17, 15) is 4.79 Å². The zero-order chi connectivity index (χ0) is 15.5. The van der Waals surface area contributed by atoms with E-state index >= 15 is 0 Å². The van der Waals surface area contributed by atoms with E-state index in [1.807, 2.05) is 0 Å². The van der Waals surface area contributed by atoms with E-state index in [4.69, 9.17) is 14.2 Å². The highest BCUT2D eigenvalue weighted by Gasteiger charge is 2.42. The molecule has 1 aromatic rings. The molecule has 1 saturated carbocycles. The molecule has 1 aliphatic carbocycles. The summed E-state index contributed by atoms with van der Waals surface area (Å²) in [7, 11) is 4.78. The molecule has 116 valence electrons. The smallest absolute Gasteiger partial charge is 0.198 e. The first-order valence-electron chi connectivity index (χ1n) is 7.38. The molecule has 0 saturated heterocycles. The van der Waals surface area contributed by atoms with E-state index in [0.717, 1.165) is 25.7 Å². The number of benzene rings is 1. The fourth-order valence-corrected chi connectivity index (χ4v) is 2.99. The Labute approximate surface area is 126 Å². The zero-order valence-corrected chi connectivity index (χ0v) is 13.3. The molecule has 0 radical (unpaired) electrons. The minimum Gasteiger partial charge on any atom is -0.497 e. The lowest BCUT2D eigenvalue weighted by molar-refractivity contribution is -0.0264. The maximum absolute atomic E-state index is 13.0. The second kappa shape index (κ2) is 6.48. The van der Waals surface area contributed by atoms with Crippen LogP contribution in [-0.2, 0) is 4.74 Å². The van der Waals surface area contributed by atoms with Crippen molar-refractivity contribution in [3.8, 4) is 11.5 Å². The minimum absolute atomic E-state index is 0.00681. The number of rotatable bonds is 5. The molecule has 1 fully saturated rings. The van der Waals surface area contributed by atoms with Crippen molar-refractivity contribution in [1.29, 1.82) is 0 Å². The molecule has 21 heavy (non-hydrogen) atoms. The number of ketones is 1. The molecule has 4 heteroatoms. The monoisotopic (exact) mass is 292 g/mol. The van der Waals surface area contributed by atoms with Crippen molar-refractivity contribution >= 4 is 5.78 Å². The third-order valence-electron chi connectivity index (χ3n) is 4.54. The number of Topliss-reactive ketones (excluding diaryl/α,β-unsaturated/α-hetero) is 1. The molecule has 2 rings (SSSR count). The van der Waals surface area contributed by atoms with Crippen LogP contribution in [0.1, 0.15) is 43.0 Å². The average Bonchev–Trinajstić information content (AvgIpc) is 2.54. The molecule has 0 aliphatic heterocycles. The zero-order valence-electron chi connectivity index (χ0n) is 13.3. The van der Waals surface area contributed by atoms with Crippen LogP contribution in [0.15, 0.2) is 18.2 Å². The number of ether oxygens (including phenoxy) is 3. The molecule has 0 unspecified atom stereocenters. The molecule has 0 heterocycles. The van der Waals surface area contributed by atoms with Gasteiger partial charge in [0.25, 0.3) is 0 Å². The Morgan fingerprint density at radius 1 is 1.14 bits per heavy atom. The standard InChI is InChI=1S/C17H24O4/c1-12-7-9-17(21-4,10-8-12)16(18)14-11-13(19-2)5-6-15(14)20-3/h5-6,11-12H,7-10H2,1-4H3. The summed E-state index contributed by atoms with van der Waals surface area (Å²) in [5, 5.41) is 0. The average molecular weight is 292 g/mol. The fourth-order valence-electron chi connectivity index (χ4n) is 2.99. The van der Waals surface area contributed by atoms with Gasteiger partial charge in [0, 0.05) is 7.11 Å². The van der Waals surface area contributed by atoms with Gasteiger partial charge in [-0.05, 0) is 49.8 Å². The van der Waals surface area contributed by atoms with E-state index in [0.29, 0.717) is 23.0 Å². The molecule has 1 aromatic carbocycles. The van der Waals surface area contributed by atoms with Crippen LogP contribution >= 0.6 is 0 Å². The van der Waals surface area contributed by atoms with Gasteiger partial charge >= 0.3 is 0 Å². The lowest BCUT2D eigenvalue weighted by Crippen LogP contribution is -2.44. The second-order valence-electron chi connectivity index (χ2n) is 5.78. The Morgan fingerprint density at radius 2 is 1.81 bits per heavy atom. The van der Waals surface area contributed by atoms with E-state index in [-0.39, 0.29) is 5.78 Å². The first kappa shape index (κ1) is 15.8. The van der Waals surface area contributed by atoms with Crippen LogP contribution in [0, 0.1) is 5.92 Å². The summed E-state index contributed by atoms with van der Waals surface area (Å²) in [5.41, 5.74) is -0.195. The molecular formula is C17H24O4. The van der Waals surface area contributed by atoms with Crippen molar-refractivity contribution in [3.05, 3.63) is 23.8 Å². The largest absolute Gasteiger partial charge is 0.497 e. The maximum atomic E-state index is 13.0. The lowest BCUT2D eigenvalue weighted by atomic mass is 9.75. The fraction of sp³-hybridized carbons (Fsp3) is 0.588. The van der Waals surface area contributed by atoms with Crippen LogP contribution in [-0.4, -0.2) is 32.7 Å². The van der Waals surface area contributed by atoms with E-state index in [1.54, 1.807) is 39.5 Å². The molecule has 0 spiro atoms. The highest BCUT2D eigenvalue weighted by Crippen LogP contribution is 2.39. The molecule has 0 atom stereocenters. The summed E-state index contributed by atoms with van der Waals surface area (Å²) in [6.45, 7) is 2.22. The van der Waals surface area contributed by atoms with Crippen molar-refractivity contribution in [1.82, 2.24) is 0 Å². The van der Waals surface area contributed by atoms with E-state index in [1.165, 1.54) is 0 Å². The van der Waals surface area contributed by atoms with Gasteiger partial charge in [-0.25, -0.2) is 0 Å². The van der Waals surface area contributed by atoms with Crippen molar-refractivity contribution in [3.63, 3.8) is 0 Å². The predicted molar refractivity (Wildman–Crippen MR) is 81.2 cm³/mol. The van der Waals surface area contributed by atoms with Crippen molar-refractivity contribution in [2.75, 3.05) is 21.3 Å². The van der Waals surface area contributed by atoms with Crippen LogP contribution in [0.3, 0.4) is 0 Å². The van der Waals surface area contributed by atoms with Gasteiger partial charge in [0.15, 0.2) is 5.78 Å². The van der Waals surface area contributed by atoms with E-state index in [2.05, 4.69) is 6.92 Å². The highest BCUT2D eigenvalue weighted by atomic mass is 16.5. The molecule has 0 bridgehead atoms. The van der Waals surface area contributed by atoms with Crippen molar-refractivity contribution in [2.24, 2.45) is 5.92 Å². The summed E-state index contributed by atoms with van der Waals surface area (Å²) < 4.78 is 16.2. The second-order valence-corrected chi connectivity index (χ2v) is 5.78. The van der Waals surface area contributed by atoms with Gasteiger partial charge in [-0.15, -0.1) is 0 Å².